The standard InChI is InChI=1S/C24BF20.C22H17ClN/c26-5-1(6(27)14(35)21(42)13(5)34)25(2-7(28)15(36)22(43)16(37)8(2)29,3-9(30)17(38)23(44)18(39)10(3)31)4-11(32)19(40)24(45)20(41)12(4)33;23-20-11-6-10-19(15-20)22-21-12-5-4-9-18(21)13-14-24(22)16-17-7-2-1-3-8-17/h;1-15H,16H2/q-1;+1. The van der Waals surface area contributed by atoms with Gasteiger partial charge in [-0.05, 0) is 29.7 Å². The van der Waals surface area contributed by atoms with Crippen LogP contribution in [0.3, 0.4) is 0 Å². The molecule has 0 radical (unpaired) electrons. The number of fused-ring (bicyclic) bond motifs is 1. The molecule has 69 heavy (non-hydrogen) atoms. The summed E-state index contributed by atoms with van der Waals surface area (Å²) >= 11 is 6.25. The highest BCUT2D eigenvalue weighted by Gasteiger charge is 2.52. The number of aromatic nitrogens is 1. The smallest absolute Gasteiger partial charge is 0.207 e. The molecule has 1 heterocycles. The molecule has 23 heteroatoms. The van der Waals surface area contributed by atoms with Crippen molar-refractivity contribution in [2.24, 2.45) is 0 Å². The normalized spacial score (nSPS) is 11.6. The molecule has 8 aromatic rings. The Morgan fingerprint density at radius 2 is 0.681 bits per heavy atom. The third-order valence-corrected chi connectivity index (χ3v) is 11.2. The Hall–Kier alpha value is -7.10. The van der Waals surface area contributed by atoms with Gasteiger partial charge in [-0.25, -0.2) is 87.8 Å². The predicted molar refractivity (Wildman–Crippen MR) is 209 cm³/mol. The minimum absolute atomic E-state index is 0.756. The summed E-state index contributed by atoms with van der Waals surface area (Å²) in [5.41, 5.74) is -10.7. The number of nitrogens with zero attached hydrogens (tertiary/aromatic N) is 1. The van der Waals surface area contributed by atoms with Crippen LogP contribution in [-0.4, -0.2) is 6.15 Å². The molecular weight excluding hydrogens is 993 g/mol. The van der Waals surface area contributed by atoms with Crippen LogP contribution in [0.25, 0.3) is 22.0 Å². The van der Waals surface area contributed by atoms with E-state index >= 15 is 35.1 Å². The lowest BCUT2D eigenvalue weighted by Gasteiger charge is -2.44. The second-order valence-electron chi connectivity index (χ2n) is 14.7. The van der Waals surface area contributed by atoms with Crippen LogP contribution in [0.5, 0.6) is 0 Å². The topological polar surface area (TPSA) is 3.88 Å². The Kier molecular flexibility index (Phi) is 13.5. The number of hydrogen-bond donors (Lipinski definition) is 0. The Balaban J connectivity index is 0.000000244. The predicted octanol–water partition coefficient (Wildman–Crippen LogP) is 11.3. The molecule has 0 aliphatic carbocycles. The summed E-state index contributed by atoms with van der Waals surface area (Å²) in [6.07, 6.45) is -5.06. The van der Waals surface area contributed by atoms with E-state index in [-0.39, 0.29) is 0 Å². The molecular formula is C46H17BClF20N. The maximum absolute atomic E-state index is 15.4. The van der Waals surface area contributed by atoms with Crippen molar-refractivity contribution in [3.8, 4) is 11.3 Å². The zero-order valence-electron chi connectivity index (χ0n) is 33.3. The molecule has 0 aliphatic heterocycles. The Bertz CT molecular complexity index is 3010. The largest absolute Gasteiger partial charge is 0.220 e. The van der Waals surface area contributed by atoms with Crippen LogP contribution >= 0.6 is 11.6 Å². The van der Waals surface area contributed by atoms with E-state index in [0.29, 0.717) is 0 Å². The van der Waals surface area contributed by atoms with Gasteiger partial charge in [-0.2, -0.15) is 4.57 Å². The van der Waals surface area contributed by atoms with Gasteiger partial charge in [-0.3, -0.25) is 0 Å². The van der Waals surface area contributed by atoms with E-state index in [0.717, 1.165) is 17.1 Å². The van der Waals surface area contributed by atoms with Crippen molar-refractivity contribution in [3.63, 3.8) is 0 Å². The fraction of sp³-hybridized carbons (Fsp3) is 0.0217. The summed E-state index contributed by atoms with van der Waals surface area (Å²) in [5.74, 6) is -71.4. The minimum atomic E-state index is -7.22. The summed E-state index contributed by atoms with van der Waals surface area (Å²) in [4.78, 5) is 0. The molecule has 0 atom stereocenters. The summed E-state index contributed by atoms with van der Waals surface area (Å²) in [6.45, 7) is 0.827. The van der Waals surface area contributed by atoms with Crippen LogP contribution in [-0.2, 0) is 6.54 Å². The summed E-state index contributed by atoms with van der Waals surface area (Å²) in [5, 5.41) is 3.22. The fourth-order valence-electron chi connectivity index (χ4n) is 8.00. The highest BCUT2D eigenvalue weighted by molar-refractivity contribution is 7.20. The number of benzene rings is 7. The summed E-state index contributed by atoms with van der Waals surface area (Å²) < 4.78 is 296. The molecule has 0 aliphatic rings. The van der Waals surface area contributed by atoms with Gasteiger partial charge in [-0.15, -0.1) is 21.9 Å². The van der Waals surface area contributed by atoms with Gasteiger partial charge in [0.15, 0.2) is 82.5 Å². The van der Waals surface area contributed by atoms with Gasteiger partial charge in [0.05, 0.1) is 5.39 Å². The maximum Gasteiger partial charge on any atom is 0.220 e. The number of rotatable bonds is 7. The average molecular weight is 1010 g/mol. The number of halogens is 21. The van der Waals surface area contributed by atoms with E-state index in [1.807, 2.05) is 24.3 Å². The molecule has 0 fully saturated rings. The van der Waals surface area contributed by atoms with Crippen LogP contribution in [0.1, 0.15) is 5.56 Å². The van der Waals surface area contributed by atoms with Gasteiger partial charge in [0.25, 0.3) is 0 Å². The van der Waals surface area contributed by atoms with Crippen molar-refractivity contribution in [1.29, 1.82) is 0 Å². The molecule has 0 saturated heterocycles. The van der Waals surface area contributed by atoms with Gasteiger partial charge < -0.3 is 0 Å². The summed E-state index contributed by atoms with van der Waals surface area (Å²) in [7, 11) is 0. The van der Waals surface area contributed by atoms with Gasteiger partial charge in [0, 0.05) is 22.2 Å². The first kappa shape index (κ1) is 49.8. The van der Waals surface area contributed by atoms with Gasteiger partial charge in [0.1, 0.15) is 52.7 Å². The third-order valence-electron chi connectivity index (χ3n) is 10.9. The SMILES string of the molecule is Clc1cccc(-c2c3ccccc3cc[n+]2Cc2ccccc2)c1.Fc1c(F)c(F)c([B-](c2c(F)c(F)c(F)c(F)c2F)(c2c(F)c(F)c(F)c(F)c2F)c2c(F)c(F)c(F)c(F)c2F)c(F)c1F. The molecule has 0 unspecified atom stereocenters. The molecule has 0 saturated carbocycles. The molecule has 0 spiro atoms. The van der Waals surface area contributed by atoms with Crippen LogP contribution in [0.15, 0.2) is 91.1 Å². The van der Waals surface area contributed by atoms with Crippen LogP contribution in [0, 0.1) is 116 Å². The van der Waals surface area contributed by atoms with E-state index in [4.69, 9.17) is 11.6 Å². The Morgan fingerprint density at radius 1 is 0.348 bits per heavy atom. The lowest BCUT2D eigenvalue weighted by molar-refractivity contribution is -0.676. The quantitative estimate of drug-likeness (QED) is 0.0493. The number of hydrogen-bond acceptors (Lipinski definition) is 0. The maximum atomic E-state index is 15.4. The van der Waals surface area contributed by atoms with E-state index in [1.54, 1.807) is 0 Å². The van der Waals surface area contributed by atoms with Crippen molar-refractivity contribution in [2.75, 3.05) is 0 Å². The van der Waals surface area contributed by atoms with Crippen molar-refractivity contribution in [1.82, 2.24) is 0 Å². The van der Waals surface area contributed by atoms with Crippen LogP contribution in [0.2, 0.25) is 5.02 Å². The lowest BCUT2D eigenvalue weighted by Crippen LogP contribution is -2.81. The molecule has 356 valence electrons. The van der Waals surface area contributed by atoms with Crippen LogP contribution in [0.4, 0.5) is 87.8 Å². The van der Waals surface area contributed by atoms with E-state index in [9.17, 15) is 52.7 Å². The van der Waals surface area contributed by atoms with Gasteiger partial charge in [-0.1, -0.05) is 66.2 Å². The first-order valence-corrected chi connectivity index (χ1v) is 19.3. The summed E-state index contributed by atoms with van der Waals surface area (Å²) in [6, 6.07) is 29.3. The Morgan fingerprint density at radius 3 is 1.04 bits per heavy atom. The first-order valence-electron chi connectivity index (χ1n) is 19.0. The monoisotopic (exact) mass is 1010 g/mol. The van der Waals surface area contributed by atoms with E-state index in [1.165, 1.54) is 22.0 Å². The average Bonchev–Trinajstić information content (AvgIpc) is 3.34. The number of pyridine rings is 1. The zero-order chi connectivity index (χ0) is 50.7. The molecule has 0 bridgehead atoms. The Labute approximate surface area is 378 Å². The van der Waals surface area contributed by atoms with Crippen molar-refractivity contribution >= 4 is 50.4 Å². The molecule has 7 aromatic carbocycles. The minimum Gasteiger partial charge on any atom is -0.207 e. The highest BCUT2D eigenvalue weighted by Crippen LogP contribution is 2.32. The highest BCUT2D eigenvalue weighted by atomic mass is 35.5. The van der Waals surface area contributed by atoms with Gasteiger partial charge >= 0.3 is 0 Å². The molecule has 1 aromatic heterocycles. The second kappa shape index (κ2) is 18.8. The van der Waals surface area contributed by atoms with E-state index < -0.39 is 144 Å². The molecule has 1 nitrogen and oxygen atoms in total. The van der Waals surface area contributed by atoms with Gasteiger partial charge in [0.2, 0.25) is 5.69 Å². The zero-order valence-corrected chi connectivity index (χ0v) is 34.1. The lowest BCUT2D eigenvalue weighted by atomic mass is 9.12. The van der Waals surface area contributed by atoms with Crippen molar-refractivity contribution < 1.29 is 92.4 Å². The molecule has 0 amide bonds. The first-order chi connectivity index (χ1) is 32.5. The molecule has 0 N–H and O–H groups in total. The third kappa shape index (κ3) is 7.96. The second-order valence-corrected chi connectivity index (χ2v) is 15.1. The van der Waals surface area contributed by atoms with Crippen LogP contribution < -0.4 is 26.4 Å². The fourth-order valence-corrected chi connectivity index (χ4v) is 8.19. The van der Waals surface area contributed by atoms with Crippen molar-refractivity contribution in [3.05, 3.63) is 218 Å². The molecule has 8 rings (SSSR count). The van der Waals surface area contributed by atoms with E-state index in [2.05, 4.69) is 71.4 Å². The van der Waals surface area contributed by atoms with Crippen molar-refractivity contribution in [2.45, 2.75) is 6.54 Å².